The van der Waals surface area contributed by atoms with Crippen LogP contribution in [0.3, 0.4) is 0 Å². The Bertz CT molecular complexity index is 140. The van der Waals surface area contributed by atoms with Crippen molar-refractivity contribution in [2.75, 3.05) is 6.54 Å². The van der Waals surface area contributed by atoms with Crippen molar-refractivity contribution in [1.29, 1.82) is 0 Å². The van der Waals surface area contributed by atoms with Crippen molar-refractivity contribution in [3.8, 4) is 0 Å². The molecule has 0 heterocycles. The number of carbonyl (C=O) groups excluding carboxylic acids is 2. The van der Waals surface area contributed by atoms with E-state index in [9.17, 15) is 19.8 Å². The zero-order chi connectivity index (χ0) is 10.1. The monoisotopic (exact) mass is 371 g/mol. The number of hydrogen-bond acceptors (Lipinski definition) is 6. The van der Waals surface area contributed by atoms with Gasteiger partial charge in [-0.15, -0.1) is 0 Å². The molecule has 0 radical (unpaired) electrons. The quantitative estimate of drug-likeness (QED) is 0.489. The minimum absolute atomic E-state index is 0. The van der Waals surface area contributed by atoms with Crippen LogP contribution in [0.25, 0.3) is 0 Å². The van der Waals surface area contributed by atoms with Gasteiger partial charge in [0, 0.05) is 30.9 Å². The molecular weight excluding hydrogens is 359 g/mol. The first kappa shape index (κ1) is 18.4. The van der Waals surface area contributed by atoms with Crippen LogP contribution in [-0.2, 0) is 30.7 Å². The number of carbonyl (C=O) groups is 2. The molecule has 0 rings (SSSR count). The van der Waals surface area contributed by atoms with Gasteiger partial charge in [-0.2, -0.15) is 0 Å². The van der Waals surface area contributed by atoms with E-state index in [0.29, 0.717) is 6.54 Å². The third kappa shape index (κ3) is 34.2. The second-order valence-corrected chi connectivity index (χ2v) is 2.13. The van der Waals surface area contributed by atoms with Crippen LogP contribution in [0.1, 0.15) is 13.3 Å². The van der Waals surface area contributed by atoms with Crippen LogP contribution >= 0.6 is 0 Å². The van der Waals surface area contributed by atoms with Crippen LogP contribution in [-0.4, -0.2) is 24.5 Å². The van der Waals surface area contributed by atoms with Crippen molar-refractivity contribution in [3.63, 3.8) is 0 Å². The molecule has 0 fully saturated rings. The number of aliphatic carboxylic acids is 2. The van der Waals surface area contributed by atoms with Crippen LogP contribution in [0, 0.1) is 0 Å². The van der Waals surface area contributed by atoms with Crippen molar-refractivity contribution in [2.45, 2.75) is 19.4 Å². The fourth-order valence-electron chi connectivity index (χ4n) is 0.118. The summed E-state index contributed by atoms with van der Waals surface area (Å²) < 4.78 is 0. The Labute approximate surface area is 90.5 Å². The molecule has 0 aliphatic carbocycles. The second kappa shape index (κ2) is 11.5. The maximum atomic E-state index is 9.28. The Morgan fingerprint density at radius 2 is 1.54 bits per heavy atom. The fraction of sp³-hybridized carbons (Fsp3) is 0.667. The molecule has 80 valence electrons. The van der Waals surface area contributed by atoms with E-state index in [1.165, 1.54) is 0 Å². The Morgan fingerprint density at radius 1 is 1.31 bits per heavy atom. The van der Waals surface area contributed by atoms with E-state index in [4.69, 9.17) is 11.5 Å². The van der Waals surface area contributed by atoms with Gasteiger partial charge in [0.25, 0.3) is 0 Å². The van der Waals surface area contributed by atoms with Gasteiger partial charge >= 0.3 is 21.1 Å². The fourth-order valence-corrected chi connectivity index (χ4v) is 0.118. The van der Waals surface area contributed by atoms with Gasteiger partial charge in [0.1, 0.15) is 0 Å². The van der Waals surface area contributed by atoms with Crippen LogP contribution in [0.4, 0.5) is 0 Å². The molecule has 0 saturated carbocycles. The van der Waals surface area contributed by atoms with Crippen LogP contribution < -0.4 is 21.7 Å². The molecular formula is C6H12N2O4Pt. The minimum atomic E-state index is -1.63. The SMILES string of the molecule is CC(N)CN.O=C([O-])CC(=O)[O-].[Pt+2]. The molecule has 6 nitrogen and oxygen atoms in total. The Hall–Kier alpha value is -0.452. The van der Waals surface area contributed by atoms with Crippen LogP contribution in [0.5, 0.6) is 0 Å². The molecule has 0 aromatic carbocycles. The standard InChI is InChI=1S/C3H10N2.C3H4O4.Pt/c1-3(5)2-4;4-2(5)1-3(6)7;/h3H,2,4-5H2,1H3;1H2,(H,4,5)(H,6,7);/q;;+2/p-2. The van der Waals surface area contributed by atoms with Crippen LogP contribution in [0.2, 0.25) is 0 Å². The molecule has 0 spiro atoms. The largest absolute Gasteiger partial charge is 2.00 e. The maximum absolute atomic E-state index is 9.28. The van der Waals surface area contributed by atoms with Gasteiger partial charge in [0.15, 0.2) is 0 Å². The van der Waals surface area contributed by atoms with Gasteiger partial charge < -0.3 is 31.3 Å². The third-order valence-corrected chi connectivity index (χ3v) is 0.660. The zero-order valence-corrected chi connectivity index (χ0v) is 9.37. The predicted octanol–water partition coefficient (Wildman–Crippen LogP) is -3.83. The molecule has 0 aromatic heterocycles. The van der Waals surface area contributed by atoms with E-state index >= 15 is 0 Å². The van der Waals surface area contributed by atoms with E-state index in [0.717, 1.165) is 0 Å². The van der Waals surface area contributed by atoms with Crippen molar-refractivity contribution in [1.82, 2.24) is 0 Å². The first-order valence-corrected chi connectivity index (χ1v) is 3.25. The molecule has 4 N–H and O–H groups in total. The van der Waals surface area contributed by atoms with E-state index in [2.05, 4.69) is 0 Å². The summed E-state index contributed by atoms with van der Waals surface area (Å²) in [5.41, 5.74) is 10.2. The Balaban J connectivity index is -0.000000150. The third-order valence-electron chi connectivity index (χ3n) is 0.660. The van der Waals surface area contributed by atoms with E-state index in [1.54, 1.807) is 0 Å². The summed E-state index contributed by atoms with van der Waals surface area (Å²) in [6, 6.07) is 0.162. The molecule has 1 atom stereocenters. The van der Waals surface area contributed by atoms with Gasteiger partial charge in [0.05, 0.1) is 0 Å². The first-order valence-electron chi connectivity index (χ1n) is 3.25. The molecule has 1 unspecified atom stereocenters. The number of rotatable bonds is 3. The van der Waals surface area contributed by atoms with E-state index in [-0.39, 0.29) is 27.1 Å². The molecule has 0 saturated heterocycles. The summed E-state index contributed by atoms with van der Waals surface area (Å²) >= 11 is 0. The summed E-state index contributed by atoms with van der Waals surface area (Å²) in [5, 5.41) is 18.6. The topological polar surface area (TPSA) is 132 Å². The average Bonchev–Trinajstić information content (AvgIpc) is 1.85. The minimum Gasteiger partial charge on any atom is -0.550 e. The molecule has 0 aliphatic rings. The molecule has 0 aliphatic heterocycles. The number of carboxylic acids is 2. The molecule has 0 bridgehead atoms. The van der Waals surface area contributed by atoms with E-state index < -0.39 is 18.4 Å². The molecule has 7 heteroatoms. The smallest absolute Gasteiger partial charge is 0.550 e. The first-order chi connectivity index (χ1) is 5.40. The number of nitrogens with two attached hydrogens (primary N) is 2. The predicted molar refractivity (Wildman–Crippen MR) is 37.3 cm³/mol. The summed E-state index contributed by atoms with van der Waals surface area (Å²) in [7, 11) is 0. The molecule has 0 aromatic rings. The van der Waals surface area contributed by atoms with Gasteiger partial charge in [-0.1, -0.05) is 0 Å². The average molecular weight is 371 g/mol. The normalized spacial score (nSPS) is 10.1. The Morgan fingerprint density at radius 3 is 1.54 bits per heavy atom. The summed E-state index contributed by atoms with van der Waals surface area (Å²) in [6.45, 7) is 2.46. The van der Waals surface area contributed by atoms with Crippen LogP contribution in [0.15, 0.2) is 0 Å². The number of carboxylic acid groups (broad SMARTS) is 2. The van der Waals surface area contributed by atoms with Crippen molar-refractivity contribution in [2.24, 2.45) is 11.5 Å². The summed E-state index contributed by atoms with van der Waals surface area (Å²) in [6.07, 6.45) is -1.03. The molecule has 13 heavy (non-hydrogen) atoms. The van der Waals surface area contributed by atoms with E-state index in [1.807, 2.05) is 6.92 Å². The van der Waals surface area contributed by atoms with Gasteiger partial charge in [-0.05, 0) is 6.92 Å². The summed E-state index contributed by atoms with van der Waals surface area (Å²) in [5.74, 6) is -3.25. The summed E-state index contributed by atoms with van der Waals surface area (Å²) in [4.78, 5) is 18.6. The van der Waals surface area contributed by atoms with Gasteiger partial charge in [0.2, 0.25) is 0 Å². The van der Waals surface area contributed by atoms with Crippen molar-refractivity contribution >= 4 is 11.9 Å². The number of hydrogen-bond donors (Lipinski definition) is 2. The zero-order valence-electron chi connectivity index (χ0n) is 7.10. The maximum Gasteiger partial charge on any atom is 2.00 e. The van der Waals surface area contributed by atoms with Crippen molar-refractivity contribution < 1.29 is 40.9 Å². The van der Waals surface area contributed by atoms with Gasteiger partial charge in [-0.25, -0.2) is 0 Å². The second-order valence-electron chi connectivity index (χ2n) is 2.13. The Kier molecular flexibility index (Phi) is 16.3. The molecule has 0 amide bonds. The van der Waals surface area contributed by atoms with Crippen molar-refractivity contribution in [3.05, 3.63) is 0 Å². The van der Waals surface area contributed by atoms with Gasteiger partial charge in [-0.3, -0.25) is 0 Å².